The van der Waals surface area contributed by atoms with Crippen LogP contribution in [0.25, 0.3) is 0 Å². The van der Waals surface area contributed by atoms with E-state index in [2.05, 4.69) is 19.6 Å². The molecule has 0 bridgehead atoms. The largest absolute Gasteiger partial charge is 0.359 e. The van der Waals surface area contributed by atoms with Crippen LogP contribution in [0, 0.1) is 11.8 Å². The average molecular weight is 254 g/mol. The molecule has 1 aliphatic carbocycles. The molecule has 0 unspecified atom stereocenters. The first kappa shape index (κ1) is 15.7. The van der Waals surface area contributed by atoms with E-state index in [1.165, 1.54) is 51.4 Å². The van der Waals surface area contributed by atoms with E-state index in [9.17, 15) is 0 Å². The molecule has 2 nitrogen and oxygen atoms in total. The highest BCUT2D eigenvalue weighted by Gasteiger charge is 2.29. The van der Waals surface area contributed by atoms with Crippen molar-refractivity contribution >= 4 is 0 Å². The van der Waals surface area contributed by atoms with Crippen LogP contribution in [0.2, 0.25) is 0 Å². The van der Waals surface area contributed by atoms with Crippen molar-refractivity contribution in [3.8, 4) is 0 Å². The van der Waals surface area contributed by atoms with E-state index in [-0.39, 0.29) is 0 Å². The summed E-state index contributed by atoms with van der Waals surface area (Å²) in [6.45, 7) is 6.67. The highest BCUT2D eigenvalue weighted by molar-refractivity contribution is 4.90. The zero-order chi connectivity index (χ0) is 13.2. The molecular weight excluding hydrogens is 224 g/mol. The Kier molecular flexibility index (Phi) is 8.36. The molecule has 0 aromatic carbocycles. The molecule has 0 saturated heterocycles. The minimum atomic E-state index is 0.314. The predicted octanol–water partition coefficient (Wildman–Crippen LogP) is 4.55. The highest BCUT2D eigenvalue weighted by atomic mass is 16.7. The lowest BCUT2D eigenvalue weighted by Gasteiger charge is -2.34. The van der Waals surface area contributed by atoms with Crippen LogP contribution in [0.5, 0.6) is 0 Å². The third-order valence-electron chi connectivity index (χ3n) is 4.11. The van der Waals surface area contributed by atoms with E-state index < -0.39 is 0 Å². The SMILES string of the molecule is C=C[C@H](CCCC)[C@H](OCOC)C1CCCCC1. The fourth-order valence-electron chi connectivity index (χ4n) is 3.07. The van der Waals surface area contributed by atoms with Gasteiger partial charge in [0.05, 0.1) is 6.10 Å². The lowest BCUT2D eigenvalue weighted by molar-refractivity contribution is -0.111. The molecule has 106 valence electrons. The van der Waals surface area contributed by atoms with Crippen LogP contribution in [-0.2, 0) is 9.47 Å². The molecule has 2 heteroatoms. The maximum Gasteiger partial charge on any atom is 0.146 e. The van der Waals surface area contributed by atoms with Crippen LogP contribution in [-0.4, -0.2) is 20.0 Å². The molecule has 0 aliphatic heterocycles. The number of methoxy groups -OCH3 is 1. The third-order valence-corrected chi connectivity index (χ3v) is 4.11. The first-order valence-corrected chi connectivity index (χ1v) is 7.56. The van der Waals surface area contributed by atoms with Crippen molar-refractivity contribution in [2.24, 2.45) is 11.8 Å². The number of rotatable bonds is 9. The fraction of sp³-hybridized carbons (Fsp3) is 0.875. The Balaban J connectivity index is 2.57. The van der Waals surface area contributed by atoms with E-state index in [1.807, 2.05) is 0 Å². The molecule has 0 amide bonds. The summed E-state index contributed by atoms with van der Waals surface area (Å²) < 4.78 is 11.1. The van der Waals surface area contributed by atoms with E-state index in [4.69, 9.17) is 9.47 Å². The molecule has 0 aromatic rings. The number of unbranched alkanes of at least 4 members (excludes halogenated alkanes) is 1. The van der Waals surface area contributed by atoms with E-state index >= 15 is 0 Å². The molecule has 1 rings (SSSR count). The second-order valence-electron chi connectivity index (χ2n) is 5.48. The van der Waals surface area contributed by atoms with E-state index in [1.54, 1.807) is 7.11 Å². The summed E-state index contributed by atoms with van der Waals surface area (Å²) in [4.78, 5) is 0. The van der Waals surface area contributed by atoms with Gasteiger partial charge < -0.3 is 9.47 Å². The quantitative estimate of drug-likeness (QED) is 0.444. The van der Waals surface area contributed by atoms with Crippen molar-refractivity contribution in [3.63, 3.8) is 0 Å². The molecule has 1 aliphatic rings. The van der Waals surface area contributed by atoms with Crippen LogP contribution in [0.3, 0.4) is 0 Å². The molecule has 0 spiro atoms. The molecule has 1 fully saturated rings. The van der Waals surface area contributed by atoms with Crippen LogP contribution < -0.4 is 0 Å². The van der Waals surface area contributed by atoms with Gasteiger partial charge >= 0.3 is 0 Å². The van der Waals surface area contributed by atoms with Crippen molar-refractivity contribution in [2.75, 3.05) is 13.9 Å². The van der Waals surface area contributed by atoms with Crippen LogP contribution in [0.15, 0.2) is 12.7 Å². The second kappa shape index (κ2) is 9.57. The molecule has 18 heavy (non-hydrogen) atoms. The smallest absolute Gasteiger partial charge is 0.146 e. The molecule has 0 radical (unpaired) electrons. The first-order chi connectivity index (χ1) is 8.83. The first-order valence-electron chi connectivity index (χ1n) is 7.56. The minimum Gasteiger partial charge on any atom is -0.359 e. The van der Waals surface area contributed by atoms with Gasteiger partial charge in [0.1, 0.15) is 6.79 Å². The average Bonchev–Trinajstić information content (AvgIpc) is 2.43. The van der Waals surface area contributed by atoms with Gasteiger partial charge in [-0.2, -0.15) is 0 Å². The van der Waals surface area contributed by atoms with Gasteiger partial charge in [-0.25, -0.2) is 0 Å². The maximum atomic E-state index is 5.99. The van der Waals surface area contributed by atoms with Crippen molar-refractivity contribution < 1.29 is 9.47 Å². The zero-order valence-electron chi connectivity index (χ0n) is 12.2. The highest BCUT2D eigenvalue weighted by Crippen LogP contribution is 2.33. The lowest BCUT2D eigenvalue weighted by atomic mass is 9.79. The lowest BCUT2D eigenvalue weighted by Crippen LogP contribution is -2.33. The van der Waals surface area contributed by atoms with Gasteiger partial charge in [-0.05, 0) is 25.2 Å². The topological polar surface area (TPSA) is 18.5 Å². The summed E-state index contributed by atoms with van der Waals surface area (Å²) >= 11 is 0. The summed E-state index contributed by atoms with van der Waals surface area (Å²) in [6, 6.07) is 0. The molecule has 2 atom stereocenters. The Labute approximate surface area is 113 Å². The Morgan fingerprint density at radius 2 is 2.00 bits per heavy atom. The minimum absolute atomic E-state index is 0.314. The molecule has 0 aromatic heterocycles. The van der Waals surface area contributed by atoms with Crippen molar-refractivity contribution in [3.05, 3.63) is 12.7 Å². The molecule has 0 N–H and O–H groups in total. The maximum absolute atomic E-state index is 5.99. The van der Waals surface area contributed by atoms with Crippen molar-refractivity contribution in [1.82, 2.24) is 0 Å². The summed E-state index contributed by atoms with van der Waals surface area (Å²) in [5, 5.41) is 0. The van der Waals surface area contributed by atoms with Gasteiger partial charge in [-0.15, -0.1) is 6.58 Å². The normalized spacial score (nSPS) is 20.6. The van der Waals surface area contributed by atoms with Crippen molar-refractivity contribution in [2.45, 2.75) is 64.4 Å². The molecular formula is C16H30O2. The van der Waals surface area contributed by atoms with E-state index in [0.29, 0.717) is 24.7 Å². The summed E-state index contributed by atoms with van der Waals surface area (Å²) in [6.07, 6.45) is 12.8. The van der Waals surface area contributed by atoms with Crippen LogP contribution in [0.4, 0.5) is 0 Å². The predicted molar refractivity (Wildman–Crippen MR) is 76.5 cm³/mol. The van der Waals surface area contributed by atoms with Gasteiger partial charge in [0.2, 0.25) is 0 Å². The fourth-order valence-corrected chi connectivity index (χ4v) is 3.07. The summed E-state index contributed by atoms with van der Waals surface area (Å²) in [5.41, 5.74) is 0. The van der Waals surface area contributed by atoms with Crippen LogP contribution >= 0.6 is 0 Å². The Morgan fingerprint density at radius 1 is 1.28 bits per heavy atom. The zero-order valence-corrected chi connectivity index (χ0v) is 12.2. The van der Waals surface area contributed by atoms with Gasteiger partial charge in [-0.1, -0.05) is 45.1 Å². The van der Waals surface area contributed by atoms with Gasteiger partial charge in [-0.3, -0.25) is 0 Å². The standard InChI is InChI=1S/C16H30O2/c1-4-6-10-14(5-2)16(18-13-17-3)15-11-8-7-9-12-15/h5,14-16H,2,4,6-13H2,1,3H3/t14-,16+/m1/s1. The number of ether oxygens (including phenoxy) is 2. The Hall–Kier alpha value is -0.340. The monoisotopic (exact) mass is 254 g/mol. The number of hydrogen-bond acceptors (Lipinski definition) is 2. The second-order valence-corrected chi connectivity index (χ2v) is 5.48. The van der Waals surface area contributed by atoms with Gasteiger partial charge in [0, 0.05) is 13.0 Å². The molecule has 1 saturated carbocycles. The summed E-state index contributed by atoms with van der Waals surface area (Å²) in [5.74, 6) is 1.19. The van der Waals surface area contributed by atoms with Gasteiger partial charge in [0.25, 0.3) is 0 Å². The van der Waals surface area contributed by atoms with E-state index in [0.717, 1.165) is 0 Å². The molecule has 0 heterocycles. The number of hydrogen-bond donors (Lipinski definition) is 0. The Bertz CT molecular complexity index is 209. The van der Waals surface area contributed by atoms with Crippen molar-refractivity contribution in [1.29, 1.82) is 0 Å². The summed E-state index contributed by atoms with van der Waals surface area (Å²) in [7, 11) is 1.70. The van der Waals surface area contributed by atoms with Gasteiger partial charge in [0.15, 0.2) is 0 Å². The third kappa shape index (κ3) is 5.11. The van der Waals surface area contributed by atoms with Crippen LogP contribution in [0.1, 0.15) is 58.3 Å². The Morgan fingerprint density at radius 3 is 2.56 bits per heavy atom.